The molecule has 24 heavy (non-hydrogen) atoms. The van der Waals surface area contributed by atoms with Crippen LogP contribution in [0.3, 0.4) is 0 Å². The minimum atomic E-state index is -0.381. The van der Waals surface area contributed by atoms with Crippen molar-refractivity contribution in [1.29, 1.82) is 0 Å². The van der Waals surface area contributed by atoms with E-state index in [0.29, 0.717) is 17.1 Å². The molecule has 120 valence electrons. The number of hydrogen-bond donors (Lipinski definition) is 2. The van der Waals surface area contributed by atoms with Crippen LogP contribution in [0, 0.1) is 5.82 Å². The maximum Gasteiger partial charge on any atom is 0.228 e. The second kappa shape index (κ2) is 7.37. The average molecular weight is 321 g/mol. The first kappa shape index (κ1) is 15.7. The van der Waals surface area contributed by atoms with Crippen LogP contribution in [0.4, 0.5) is 21.6 Å². The smallest absolute Gasteiger partial charge is 0.228 e. The van der Waals surface area contributed by atoms with E-state index in [4.69, 9.17) is 0 Å². The number of rotatable bonds is 5. The highest BCUT2D eigenvalue weighted by atomic mass is 19.1. The summed E-state index contributed by atoms with van der Waals surface area (Å²) in [5, 5.41) is 5.87. The molecule has 3 rings (SSSR count). The summed E-state index contributed by atoms with van der Waals surface area (Å²) in [7, 11) is 0. The van der Waals surface area contributed by atoms with E-state index in [9.17, 15) is 9.18 Å². The number of amides is 1. The van der Waals surface area contributed by atoms with Crippen LogP contribution in [-0.4, -0.2) is 10.9 Å². The van der Waals surface area contributed by atoms with Gasteiger partial charge in [-0.25, -0.2) is 9.37 Å². The second-order valence-corrected chi connectivity index (χ2v) is 5.24. The van der Waals surface area contributed by atoms with E-state index < -0.39 is 0 Å². The number of para-hydroxylation sites is 1. The molecule has 0 unspecified atom stereocenters. The molecule has 0 aliphatic heterocycles. The van der Waals surface area contributed by atoms with Gasteiger partial charge in [-0.15, -0.1) is 0 Å². The maximum absolute atomic E-state index is 13.5. The number of nitrogens with zero attached hydrogens (tertiary/aromatic N) is 1. The summed E-state index contributed by atoms with van der Waals surface area (Å²) in [5.74, 6) is 0.00663. The van der Waals surface area contributed by atoms with Gasteiger partial charge >= 0.3 is 0 Å². The lowest BCUT2D eigenvalue weighted by Crippen LogP contribution is -2.15. The van der Waals surface area contributed by atoms with E-state index >= 15 is 0 Å². The third-order valence-electron chi connectivity index (χ3n) is 3.40. The first-order valence-corrected chi connectivity index (χ1v) is 7.52. The third-order valence-corrected chi connectivity index (χ3v) is 3.40. The number of carbonyl (C=O) groups excluding carboxylic acids is 1. The summed E-state index contributed by atoms with van der Waals surface area (Å²) in [5.41, 5.74) is 1.86. The van der Waals surface area contributed by atoms with Crippen molar-refractivity contribution >= 4 is 23.1 Å². The Bertz CT molecular complexity index is 820. The summed E-state index contributed by atoms with van der Waals surface area (Å²) < 4.78 is 13.5. The van der Waals surface area contributed by atoms with Gasteiger partial charge in [-0.3, -0.25) is 4.79 Å². The van der Waals surface area contributed by atoms with Gasteiger partial charge < -0.3 is 10.6 Å². The molecule has 0 fully saturated rings. The van der Waals surface area contributed by atoms with Crippen molar-refractivity contribution in [1.82, 2.24) is 4.98 Å². The van der Waals surface area contributed by atoms with Crippen molar-refractivity contribution in [2.24, 2.45) is 0 Å². The average Bonchev–Trinajstić information content (AvgIpc) is 2.60. The Hall–Kier alpha value is -3.21. The van der Waals surface area contributed by atoms with Crippen LogP contribution < -0.4 is 10.6 Å². The summed E-state index contributed by atoms with van der Waals surface area (Å²) >= 11 is 0. The fraction of sp³-hybridized carbons (Fsp3) is 0.0526. The van der Waals surface area contributed by atoms with E-state index in [1.54, 1.807) is 36.5 Å². The fourth-order valence-electron chi connectivity index (χ4n) is 2.23. The van der Waals surface area contributed by atoms with Crippen molar-refractivity contribution in [3.05, 3.63) is 84.3 Å². The Labute approximate surface area is 139 Å². The molecule has 0 spiro atoms. The van der Waals surface area contributed by atoms with Crippen LogP contribution in [0.5, 0.6) is 0 Å². The quantitative estimate of drug-likeness (QED) is 0.742. The predicted molar refractivity (Wildman–Crippen MR) is 92.7 cm³/mol. The Morgan fingerprint density at radius 1 is 0.917 bits per heavy atom. The van der Waals surface area contributed by atoms with E-state index in [1.807, 2.05) is 30.3 Å². The summed E-state index contributed by atoms with van der Waals surface area (Å²) in [6, 6.07) is 19.4. The molecule has 3 aromatic rings. The van der Waals surface area contributed by atoms with E-state index in [2.05, 4.69) is 15.6 Å². The SMILES string of the molecule is O=C(Cc1ccccc1F)Nc1ccc(Nc2ccccc2)nc1. The Morgan fingerprint density at radius 3 is 2.38 bits per heavy atom. The number of pyridine rings is 1. The molecule has 0 aliphatic rings. The van der Waals surface area contributed by atoms with Crippen LogP contribution in [0.1, 0.15) is 5.56 Å². The fourth-order valence-corrected chi connectivity index (χ4v) is 2.23. The predicted octanol–water partition coefficient (Wildman–Crippen LogP) is 4.15. The topological polar surface area (TPSA) is 54.0 Å². The highest BCUT2D eigenvalue weighted by Gasteiger charge is 2.08. The lowest BCUT2D eigenvalue weighted by Gasteiger charge is -2.08. The second-order valence-electron chi connectivity index (χ2n) is 5.24. The Balaban J connectivity index is 1.60. The van der Waals surface area contributed by atoms with E-state index in [1.165, 1.54) is 6.07 Å². The molecule has 1 aromatic heterocycles. The largest absolute Gasteiger partial charge is 0.340 e. The molecule has 0 bridgehead atoms. The molecule has 0 atom stereocenters. The number of hydrogen-bond acceptors (Lipinski definition) is 3. The number of aromatic nitrogens is 1. The Morgan fingerprint density at radius 2 is 1.67 bits per heavy atom. The van der Waals surface area contributed by atoms with Crippen molar-refractivity contribution < 1.29 is 9.18 Å². The zero-order valence-corrected chi connectivity index (χ0v) is 12.9. The minimum absolute atomic E-state index is 0.0172. The van der Waals surface area contributed by atoms with Crippen LogP contribution >= 0.6 is 0 Å². The first-order chi connectivity index (χ1) is 11.7. The van der Waals surface area contributed by atoms with Crippen LogP contribution in [0.15, 0.2) is 72.9 Å². The number of carbonyl (C=O) groups is 1. The van der Waals surface area contributed by atoms with Crippen molar-refractivity contribution in [2.75, 3.05) is 10.6 Å². The molecule has 2 N–H and O–H groups in total. The van der Waals surface area contributed by atoms with Gasteiger partial charge in [0.2, 0.25) is 5.91 Å². The number of nitrogens with one attached hydrogen (secondary N) is 2. The maximum atomic E-state index is 13.5. The van der Waals surface area contributed by atoms with Gasteiger partial charge in [-0.2, -0.15) is 0 Å². The highest BCUT2D eigenvalue weighted by Crippen LogP contribution is 2.16. The van der Waals surface area contributed by atoms with Gasteiger partial charge in [-0.1, -0.05) is 36.4 Å². The Kier molecular flexibility index (Phi) is 4.81. The third kappa shape index (κ3) is 4.16. The molecule has 2 aromatic carbocycles. The molecule has 1 heterocycles. The van der Waals surface area contributed by atoms with E-state index in [0.717, 1.165) is 5.69 Å². The zero-order chi connectivity index (χ0) is 16.8. The molecular formula is C19H16FN3O. The van der Waals surface area contributed by atoms with Crippen LogP contribution in [-0.2, 0) is 11.2 Å². The van der Waals surface area contributed by atoms with Crippen molar-refractivity contribution in [2.45, 2.75) is 6.42 Å². The number of halogens is 1. The zero-order valence-electron chi connectivity index (χ0n) is 12.9. The van der Waals surface area contributed by atoms with Gasteiger partial charge in [0.25, 0.3) is 0 Å². The summed E-state index contributed by atoms with van der Waals surface area (Å²) in [4.78, 5) is 16.2. The molecule has 0 saturated carbocycles. The van der Waals surface area contributed by atoms with Crippen molar-refractivity contribution in [3.63, 3.8) is 0 Å². The van der Waals surface area contributed by atoms with Gasteiger partial charge in [0.1, 0.15) is 11.6 Å². The number of benzene rings is 2. The van der Waals surface area contributed by atoms with Gasteiger partial charge in [0, 0.05) is 5.69 Å². The lowest BCUT2D eigenvalue weighted by molar-refractivity contribution is -0.115. The monoisotopic (exact) mass is 321 g/mol. The van der Waals surface area contributed by atoms with Crippen molar-refractivity contribution in [3.8, 4) is 0 Å². The first-order valence-electron chi connectivity index (χ1n) is 7.52. The number of anilines is 3. The van der Waals surface area contributed by atoms with Gasteiger partial charge in [-0.05, 0) is 35.9 Å². The minimum Gasteiger partial charge on any atom is -0.340 e. The molecule has 0 aliphatic carbocycles. The molecule has 4 nitrogen and oxygen atoms in total. The normalized spacial score (nSPS) is 10.2. The lowest BCUT2D eigenvalue weighted by atomic mass is 10.1. The summed E-state index contributed by atoms with van der Waals surface area (Å²) in [6.45, 7) is 0. The molecule has 0 radical (unpaired) electrons. The highest BCUT2D eigenvalue weighted by molar-refractivity contribution is 5.92. The molecule has 5 heteroatoms. The van der Waals surface area contributed by atoms with Gasteiger partial charge in [0.15, 0.2) is 0 Å². The van der Waals surface area contributed by atoms with Crippen LogP contribution in [0.25, 0.3) is 0 Å². The van der Waals surface area contributed by atoms with Crippen LogP contribution in [0.2, 0.25) is 0 Å². The standard InChI is InChI=1S/C19H16FN3O/c20-17-9-5-4-6-14(17)12-19(24)23-16-10-11-18(21-13-16)22-15-7-2-1-3-8-15/h1-11,13H,12H2,(H,21,22)(H,23,24). The summed E-state index contributed by atoms with van der Waals surface area (Å²) in [6.07, 6.45) is 1.54. The molecule has 0 saturated heterocycles. The van der Waals surface area contributed by atoms with Gasteiger partial charge in [0.05, 0.1) is 18.3 Å². The molecular weight excluding hydrogens is 305 g/mol. The molecule has 1 amide bonds. The van der Waals surface area contributed by atoms with E-state index in [-0.39, 0.29) is 18.1 Å².